The van der Waals surface area contributed by atoms with Crippen LogP contribution in [0.25, 0.3) is 0 Å². The average molecular weight is 207 g/mol. The lowest BCUT2D eigenvalue weighted by atomic mass is 9.84. The van der Waals surface area contributed by atoms with Crippen LogP contribution in [0.4, 0.5) is 0 Å². The van der Waals surface area contributed by atoms with E-state index in [1.165, 1.54) is 0 Å². The van der Waals surface area contributed by atoms with Crippen LogP contribution in [0, 0.1) is 12.8 Å². The highest BCUT2D eigenvalue weighted by Crippen LogP contribution is 2.34. The third kappa shape index (κ3) is 2.72. The second-order valence-corrected chi connectivity index (χ2v) is 4.35. The average Bonchev–Trinajstić information content (AvgIpc) is 2.17. The van der Waals surface area contributed by atoms with E-state index in [1.807, 2.05) is 19.1 Å². The molecule has 0 aliphatic rings. The van der Waals surface area contributed by atoms with E-state index in [0.717, 1.165) is 17.5 Å². The molecule has 1 aromatic carbocycles. The van der Waals surface area contributed by atoms with Crippen molar-refractivity contribution < 1.29 is 5.11 Å². The molecular weight excluding hydrogens is 186 g/mol. The van der Waals surface area contributed by atoms with Crippen LogP contribution >= 0.6 is 0 Å². The van der Waals surface area contributed by atoms with Gasteiger partial charge in [-0.1, -0.05) is 26.0 Å². The van der Waals surface area contributed by atoms with E-state index in [4.69, 9.17) is 5.73 Å². The second-order valence-electron chi connectivity index (χ2n) is 4.35. The van der Waals surface area contributed by atoms with Gasteiger partial charge in [-0.25, -0.2) is 0 Å². The molecule has 0 aliphatic carbocycles. The fourth-order valence-electron chi connectivity index (χ4n) is 2.05. The standard InChI is InChI=1S/C13H21NO/c1-9(7-8-14)11(3)13-10(2)5-4-6-12(13)15/h4-6,9,11,15H,7-8,14H2,1-3H3. The number of rotatable bonds is 4. The summed E-state index contributed by atoms with van der Waals surface area (Å²) >= 11 is 0. The minimum atomic E-state index is 0.356. The van der Waals surface area contributed by atoms with Gasteiger partial charge >= 0.3 is 0 Å². The molecule has 15 heavy (non-hydrogen) atoms. The molecule has 2 unspecified atom stereocenters. The lowest BCUT2D eigenvalue weighted by Crippen LogP contribution is -2.13. The van der Waals surface area contributed by atoms with Crippen LogP contribution in [0.15, 0.2) is 18.2 Å². The Morgan fingerprint density at radius 1 is 1.33 bits per heavy atom. The zero-order chi connectivity index (χ0) is 11.4. The van der Waals surface area contributed by atoms with Crippen molar-refractivity contribution in [3.8, 4) is 5.75 Å². The van der Waals surface area contributed by atoms with Crippen molar-refractivity contribution in [2.45, 2.75) is 33.1 Å². The SMILES string of the molecule is Cc1cccc(O)c1C(C)C(C)CCN. The number of aromatic hydroxyl groups is 1. The van der Waals surface area contributed by atoms with E-state index in [9.17, 15) is 5.11 Å². The van der Waals surface area contributed by atoms with Gasteiger partial charge < -0.3 is 10.8 Å². The van der Waals surface area contributed by atoms with Crippen molar-refractivity contribution in [3.63, 3.8) is 0 Å². The molecule has 0 heterocycles. The molecule has 0 aliphatic heterocycles. The number of hydrogen-bond acceptors (Lipinski definition) is 2. The fourth-order valence-corrected chi connectivity index (χ4v) is 2.05. The summed E-state index contributed by atoms with van der Waals surface area (Å²) in [4.78, 5) is 0. The van der Waals surface area contributed by atoms with Crippen molar-refractivity contribution in [1.82, 2.24) is 0 Å². The number of nitrogens with two attached hydrogens (primary N) is 1. The van der Waals surface area contributed by atoms with E-state index in [2.05, 4.69) is 13.8 Å². The molecule has 0 radical (unpaired) electrons. The molecule has 0 saturated carbocycles. The van der Waals surface area contributed by atoms with Crippen LogP contribution in [0.3, 0.4) is 0 Å². The third-order valence-electron chi connectivity index (χ3n) is 3.23. The molecule has 2 atom stereocenters. The minimum absolute atomic E-state index is 0.356. The molecule has 0 saturated heterocycles. The summed E-state index contributed by atoms with van der Waals surface area (Å²) in [6, 6.07) is 5.68. The van der Waals surface area contributed by atoms with Gasteiger partial charge in [0, 0.05) is 0 Å². The van der Waals surface area contributed by atoms with Gasteiger partial charge in [-0.15, -0.1) is 0 Å². The maximum absolute atomic E-state index is 9.85. The van der Waals surface area contributed by atoms with Crippen LogP contribution < -0.4 is 5.73 Å². The molecule has 1 aromatic rings. The Morgan fingerprint density at radius 2 is 2.00 bits per heavy atom. The maximum Gasteiger partial charge on any atom is 0.119 e. The molecule has 2 heteroatoms. The highest BCUT2D eigenvalue weighted by atomic mass is 16.3. The van der Waals surface area contributed by atoms with Gasteiger partial charge in [0.2, 0.25) is 0 Å². The minimum Gasteiger partial charge on any atom is -0.508 e. The zero-order valence-corrected chi connectivity index (χ0v) is 9.83. The van der Waals surface area contributed by atoms with Crippen molar-refractivity contribution >= 4 is 0 Å². The predicted molar refractivity (Wildman–Crippen MR) is 64.1 cm³/mol. The van der Waals surface area contributed by atoms with E-state index in [1.54, 1.807) is 6.07 Å². The molecule has 84 valence electrons. The highest BCUT2D eigenvalue weighted by Gasteiger charge is 2.18. The Kier molecular flexibility index (Phi) is 4.15. The van der Waals surface area contributed by atoms with Crippen LogP contribution in [0.2, 0.25) is 0 Å². The summed E-state index contributed by atoms with van der Waals surface area (Å²) in [5.41, 5.74) is 7.79. The van der Waals surface area contributed by atoms with Gasteiger partial charge in [-0.05, 0) is 48.9 Å². The molecule has 0 spiro atoms. The zero-order valence-electron chi connectivity index (χ0n) is 9.83. The topological polar surface area (TPSA) is 46.2 Å². The van der Waals surface area contributed by atoms with Crippen molar-refractivity contribution in [3.05, 3.63) is 29.3 Å². The van der Waals surface area contributed by atoms with Gasteiger partial charge in [0.25, 0.3) is 0 Å². The Bertz CT molecular complexity index is 302. The molecule has 3 N–H and O–H groups in total. The number of hydrogen-bond donors (Lipinski definition) is 2. The first-order valence-corrected chi connectivity index (χ1v) is 5.56. The molecule has 0 fully saturated rings. The summed E-state index contributed by atoms with van der Waals surface area (Å²) in [7, 11) is 0. The largest absolute Gasteiger partial charge is 0.508 e. The first-order chi connectivity index (χ1) is 7.07. The number of phenols is 1. The Labute approximate surface area is 92.1 Å². The number of benzene rings is 1. The van der Waals surface area contributed by atoms with Crippen molar-refractivity contribution in [1.29, 1.82) is 0 Å². The summed E-state index contributed by atoms with van der Waals surface area (Å²) in [5.74, 6) is 1.27. The van der Waals surface area contributed by atoms with Crippen LogP contribution in [0.1, 0.15) is 37.3 Å². The monoisotopic (exact) mass is 207 g/mol. The lowest BCUT2D eigenvalue weighted by Gasteiger charge is -2.22. The van der Waals surface area contributed by atoms with E-state index >= 15 is 0 Å². The molecular formula is C13H21NO. The summed E-state index contributed by atoms with van der Waals surface area (Å²) < 4.78 is 0. The summed E-state index contributed by atoms with van der Waals surface area (Å²) in [5, 5.41) is 9.85. The van der Waals surface area contributed by atoms with Crippen LogP contribution in [-0.2, 0) is 0 Å². The maximum atomic E-state index is 9.85. The Hall–Kier alpha value is -1.02. The van der Waals surface area contributed by atoms with Gasteiger partial charge in [0.05, 0.1) is 0 Å². The predicted octanol–water partition coefficient (Wildman–Crippen LogP) is 2.79. The first kappa shape index (κ1) is 12.1. The molecule has 0 amide bonds. The lowest BCUT2D eigenvalue weighted by molar-refractivity contribution is 0.421. The summed E-state index contributed by atoms with van der Waals surface area (Å²) in [6.45, 7) is 7.09. The van der Waals surface area contributed by atoms with Gasteiger partial charge in [-0.3, -0.25) is 0 Å². The van der Waals surface area contributed by atoms with Crippen LogP contribution in [0.5, 0.6) is 5.75 Å². The van der Waals surface area contributed by atoms with Gasteiger partial charge in [0.1, 0.15) is 5.75 Å². The van der Waals surface area contributed by atoms with Gasteiger partial charge in [0.15, 0.2) is 0 Å². The highest BCUT2D eigenvalue weighted by molar-refractivity contribution is 5.41. The molecule has 1 rings (SSSR count). The van der Waals surface area contributed by atoms with E-state index < -0.39 is 0 Å². The van der Waals surface area contributed by atoms with Crippen LogP contribution in [-0.4, -0.2) is 11.7 Å². The van der Waals surface area contributed by atoms with Crippen molar-refractivity contribution in [2.75, 3.05) is 6.54 Å². The Morgan fingerprint density at radius 3 is 2.53 bits per heavy atom. The quantitative estimate of drug-likeness (QED) is 0.797. The third-order valence-corrected chi connectivity index (χ3v) is 3.23. The van der Waals surface area contributed by atoms with E-state index in [-0.39, 0.29) is 0 Å². The normalized spacial score (nSPS) is 14.9. The summed E-state index contributed by atoms with van der Waals surface area (Å²) in [6.07, 6.45) is 0.995. The number of phenolic OH excluding ortho intramolecular Hbond substituents is 1. The second kappa shape index (κ2) is 5.17. The van der Waals surface area contributed by atoms with Gasteiger partial charge in [-0.2, -0.15) is 0 Å². The Balaban J connectivity index is 2.94. The molecule has 0 bridgehead atoms. The van der Waals surface area contributed by atoms with E-state index in [0.29, 0.717) is 24.1 Å². The molecule has 0 aromatic heterocycles. The van der Waals surface area contributed by atoms with Crippen molar-refractivity contribution in [2.24, 2.45) is 11.7 Å². The fraction of sp³-hybridized carbons (Fsp3) is 0.538. The number of aryl methyl sites for hydroxylation is 1. The molecule has 2 nitrogen and oxygen atoms in total. The smallest absolute Gasteiger partial charge is 0.119 e. The first-order valence-electron chi connectivity index (χ1n) is 5.56.